The normalized spacial score (nSPS) is 10.8. The van der Waals surface area contributed by atoms with Gasteiger partial charge in [-0.15, -0.1) is 0 Å². The maximum absolute atomic E-state index is 12.2. The Balaban J connectivity index is 1.66. The number of H-pyrrole nitrogens is 1. The van der Waals surface area contributed by atoms with Crippen molar-refractivity contribution in [3.05, 3.63) is 90.0 Å². The summed E-state index contributed by atoms with van der Waals surface area (Å²) in [6.07, 6.45) is 6.50. The Bertz CT molecular complexity index is 793. The lowest BCUT2D eigenvalue weighted by atomic mass is 10.1. The topological polar surface area (TPSA) is 55.0 Å². The first-order chi connectivity index (χ1) is 11.3. The second-order valence-corrected chi connectivity index (χ2v) is 4.97. The number of nitrogens with one attached hydrogen (secondary N) is 1. The van der Waals surface area contributed by atoms with Crippen molar-refractivity contribution in [3.63, 3.8) is 0 Å². The van der Waals surface area contributed by atoms with Crippen LogP contribution in [-0.2, 0) is 6.61 Å². The molecule has 0 unspecified atom stereocenters. The highest BCUT2D eigenvalue weighted by atomic mass is 16.5. The summed E-state index contributed by atoms with van der Waals surface area (Å²) in [6.45, 7) is 0.473. The summed E-state index contributed by atoms with van der Waals surface area (Å²) in [5.41, 5.74) is 1.67. The zero-order valence-electron chi connectivity index (χ0n) is 12.5. The van der Waals surface area contributed by atoms with Crippen molar-refractivity contribution in [2.45, 2.75) is 6.61 Å². The van der Waals surface area contributed by atoms with Gasteiger partial charge in [-0.25, -0.2) is 4.98 Å². The number of rotatable bonds is 6. The Hall–Kier alpha value is -3.14. The first-order valence-electron chi connectivity index (χ1n) is 7.30. The minimum Gasteiger partial charge on any atom is -0.489 e. The van der Waals surface area contributed by atoms with Crippen LogP contribution in [0.4, 0.5) is 0 Å². The summed E-state index contributed by atoms with van der Waals surface area (Å²) in [6, 6.07) is 17.1. The number of ether oxygens (including phenoxy) is 1. The molecule has 1 aromatic heterocycles. The molecule has 0 fully saturated rings. The largest absolute Gasteiger partial charge is 0.489 e. The van der Waals surface area contributed by atoms with Crippen LogP contribution in [0.25, 0.3) is 6.08 Å². The molecule has 0 atom stereocenters. The number of carbonyl (C=O) groups excluding carboxylic acids is 1. The minimum absolute atomic E-state index is 0.0911. The highest BCUT2D eigenvalue weighted by molar-refractivity contribution is 6.06. The van der Waals surface area contributed by atoms with Crippen LogP contribution in [0.5, 0.6) is 5.75 Å². The van der Waals surface area contributed by atoms with Crippen molar-refractivity contribution in [1.29, 1.82) is 0 Å². The summed E-state index contributed by atoms with van der Waals surface area (Å²) in [7, 11) is 0. The van der Waals surface area contributed by atoms with Gasteiger partial charge in [-0.1, -0.05) is 42.5 Å². The summed E-state index contributed by atoms with van der Waals surface area (Å²) in [4.78, 5) is 19.1. The molecule has 4 heteroatoms. The minimum atomic E-state index is -0.0911. The van der Waals surface area contributed by atoms with Crippen molar-refractivity contribution in [1.82, 2.24) is 9.97 Å². The molecule has 0 amide bonds. The molecule has 0 saturated carbocycles. The SMILES string of the molecule is O=C(/C=C/c1ncc[nH]1)c1cccc(OCc2ccccc2)c1. The van der Waals surface area contributed by atoms with E-state index in [4.69, 9.17) is 4.74 Å². The number of aromatic amines is 1. The van der Waals surface area contributed by atoms with Crippen LogP contribution in [0.3, 0.4) is 0 Å². The zero-order valence-corrected chi connectivity index (χ0v) is 12.5. The predicted octanol–water partition coefficient (Wildman–Crippen LogP) is 3.88. The van der Waals surface area contributed by atoms with E-state index in [9.17, 15) is 4.79 Å². The van der Waals surface area contributed by atoms with Crippen LogP contribution in [0, 0.1) is 0 Å². The van der Waals surface area contributed by atoms with E-state index in [1.165, 1.54) is 6.08 Å². The summed E-state index contributed by atoms with van der Waals surface area (Å²) < 4.78 is 5.74. The first kappa shape index (κ1) is 14.8. The predicted molar refractivity (Wildman–Crippen MR) is 89.2 cm³/mol. The molecular weight excluding hydrogens is 288 g/mol. The Kier molecular flexibility index (Phi) is 4.64. The second-order valence-electron chi connectivity index (χ2n) is 4.97. The van der Waals surface area contributed by atoms with Crippen LogP contribution in [0.15, 0.2) is 73.1 Å². The maximum Gasteiger partial charge on any atom is 0.186 e. The first-order valence-corrected chi connectivity index (χ1v) is 7.30. The molecule has 0 aliphatic carbocycles. The quantitative estimate of drug-likeness (QED) is 0.555. The average molecular weight is 304 g/mol. The molecule has 0 aliphatic rings. The number of aromatic nitrogens is 2. The van der Waals surface area contributed by atoms with Crippen molar-refractivity contribution in [3.8, 4) is 5.75 Å². The number of hydrogen-bond donors (Lipinski definition) is 1. The third kappa shape index (κ3) is 4.17. The lowest BCUT2D eigenvalue weighted by molar-refractivity contribution is 0.104. The second kappa shape index (κ2) is 7.22. The van der Waals surface area contributed by atoms with Gasteiger partial charge in [0, 0.05) is 18.0 Å². The Morgan fingerprint density at radius 3 is 2.78 bits per heavy atom. The molecule has 0 aliphatic heterocycles. The fourth-order valence-corrected chi connectivity index (χ4v) is 2.10. The molecule has 0 spiro atoms. The van der Waals surface area contributed by atoms with Crippen molar-refractivity contribution >= 4 is 11.9 Å². The molecule has 3 aromatic rings. The molecule has 4 nitrogen and oxygen atoms in total. The Labute approximate surface area is 134 Å². The monoisotopic (exact) mass is 304 g/mol. The van der Waals surface area contributed by atoms with E-state index >= 15 is 0 Å². The van der Waals surface area contributed by atoms with Gasteiger partial charge >= 0.3 is 0 Å². The van der Waals surface area contributed by atoms with Gasteiger partial charge in [0.05, 0.1) is 0 Å². The van der Waals surface area contributed by atoms with E-state index in [0.717, 1.165) is 5.56 Å². The fourth-order valence-electron chi connectivity index (χ4n) is 2.10. The van der Waals surface area contributed by atoms with Gasteiger partial charge in [0.1, 0.15) is 18.2 Å². The van der Waals surface area contributed by atoms with E-state index < -0.39 is 0 Å². The van der Waals surface area contributed by atoms with E-state index in [1.807, 2.05) is 42.5 Å². The van der Waals surface area contributed by atoms with Gasteiger partial charge in [0.2, 0.25) is 0 Å². The Morgan fingerprint density at radius 2 is 2.00 bits per heavy atom. The van der Waals surface area contributed by atoms with Gasteiger partial charge in [-0.3, -0.25) is 4.79 Å². The number of ketones is 1. The van der Waals surface area contributed by atoms with Gasteiger partial charge in [0.15, 0.2) is 5.78 Å². The van der Waals surface area contributed by atoms with Crippen LogP contribution in [0.1, 0.15) is 21.7 Å². The molecule has 0 bridgehead atoms. The summed E-state index contributed by atoms with van der Waals surface area (Å²) >= 11 is 0. The average Bonchev–Trinajstić information content (AvgIpc) is 3.12. The number of carbonyl (C=O) groups is 1. The number of hydrogen-bond acceptors (Lipinski definition) is 3. The molecule has 2 aromatic carbocycles. The van der Waals surface area contributed by atoms with Crippen molar-refractivity contribution < 1.29 is 9.53 Å². The van der Waals surface area contributed by atoms with Gasteiger partial charge in [-0.2, -0.15) is 0 Å². The molecule has 1 N–H and O–H groups in total. The molecule has 1 heterocycles. The molecule has 3 rings (SSSR count). The van der Waals surface area contributed by atoms with Gasteiger partial charge in [-0.05, 0) is 29.8 Å². The number of benzene rings is 2. The standard InChI is InChI=1S/C19H16N2O2/c22-18(9-10-19-20-11-12-21-19)16-7-4-8-17(13-16)23-14-15-5-2-1-3-6-15/h1-13H,14H2,(H,20,21)/b10-9+. The molecule has 23 heavy (non-hydrogen) atoms. The zero-order chi connectivity index (χ0) is 15.9. The van der Waals surface area contributed by atoms with Crippen LogP contribution in [-0.4, -0.2) is 15.8 Å². The van der Waals surface area contributed by atoms with Gasteiger partial charge in [0.25, 0.3) is 0 Å². The van der Waals surface area contributed by atoms with Crippen molar-refractivity contribution in [2.24, 2.45) is 0 Å². The van der Waals surface area contributed by atoms with E-state index in [2.05, 4.69) is 9.97 Å². The lowest BCUT2D eigenvalue weighted by Crippen LogP contribution is -1.98. The number of imidazole rings is 1. The van der Waals surface area contributed by atoms with E-state index in [0.29, 0.717) is 23.7 Å². The van der Waals surface area contributed by atoms with Crippen LogP contribution < -0.4 is 4.74 Å². The molecular formula is C19H16N2O2. The highest BCUT2D eigenvalue weighted by Gasteiger charge is 2.04. The molecule has 0 radical (unpaired) electrons. The number of nitrogens with zero attached hydrogens (tertiary/aromatic N) is 1. The summed E-state index contributed by atoms with van der Waals surface area (Å²) in [5, 5.41) is 0. The van der Waals surface area contributed by atoms with E-state index in [1.54, 1.807) is 30.6 Å². The van der Waals surface area contributed by atoms with Crippen LogP contribution in [0.2, 0.25) is 0 Å². The van der Waals surface area contributed by atoms with Gasteiger partial charge < -0.3 is 9.72 Å². The maximum atomic E-state index is 12.2. The van der Waals surface area contributed by atoms with Crippen molar-refractivity contribution in [2.75, 3.05) is 0 Å². The van der Waals surface area contributed by atoms with E-state index in [-0.39, 0.29) is 5.78 Å². The Morgan fingerprint density at radius 1 is 1.13 bits per heavy atom. The fraction of sp³-hybridized carbons (Fsp3) is 0.0526. The number of allylic oxidation sites excluding steroid dienone is 1. The molecule has 114 valence electrons. The summed E-state index contributed by atoms with van der Waals surface area (Å²) in [5.74, 6) is 1.23. The third-order valence-corrected chi connectivity index (χ3v) is 3.28. The molecule has 0 saturated heterocycles. The third-order valence-electron chi connectivity index (χ3n) is 3.28. The smallest absolute Gasteiger partial charge is 0.186 e. The van der Waals surface area contributed by atoms with Crippen LogP contribution >= 0.6 is 0 Å². The highest BCUT2D eigenvalue weighted by Crippen LogP contribution is 2.16. The lowest BCUT2D eigenvalue weighted by Gasteiger charge is -2.07.